The zero-order valence-electron chi connectivity index (χ0n) is 8.73. The van der Waals surface area contributed by atoms with Gasteiger partial charge in [0.25, 0.3) is 0 Å². The third kappa shape index (κ3) is 1.38. The van der Waals surface area contributed by atoms with Crippen molar-refractivity contribution in [2.75, 3.05) is 0 Å². The number of nitrogens with two attached hydrogens (primary N) is 1. The molecule has 1 atom stereocenters. The molecule has 16 heavy (non-hydrogen) atoms. The zero-order valence-corrected chi connectivity index (χ0v) is 8.73. The van der Waals surface area contributed by atoms with E-state index in [9.17, 15) is 18.3 Å². The summed E-state index contributed by atoms with van der Waals surface area (Å²) in [4.78, 5) is 0. The lowest BCUT2D eigenvalue weighted by Crippen LogP contribution is -2.32. The topological polar surface area (TPSA) is 46.2 Å². The van der Waals surface area contributed by atoms with Crippen molar-refractivity contribution in [1.29, 1.82) is 0 Å². The van der Waals surface area contributed by atoms with E-state index in [1.165, 1.54) is 0 Å². The molecule has 2 nitrogen and oxygen atoms in total. The molecule has 0 aromatic heterocycles. The summed E-state index contributed by atoms with van der Waals surface area (Å²) in [5, 5.41) is 9.49. The quantitative estimate of drug-likeness (QED) is 0.766. The fraction of sp³-hybridized carbons (Fsp3) is 0.455. The molecule has 0 bridgehead atoms. The molecule has 0 heterocycles. The van der Waals surface area contributed by atoms with Crippen LogP contribution in [-0.2, 0) is 5.41 Å². The molecule has 1 saturated carbocycles. The van der Waals surface area contributed by atoms with Crippen molar-refractivity contribution < 1.29 is 18.3 Å². The van der Waals surface area contributed by atoms with E-state index < -0.39 is 34.7 Å². The van der Waals surface area contributed by atoms with Crippen LogP contribution in [0.1, 0.15) is 25.3 Å². The van der Waals surface area contributed by atoms with Gasteiger partial charge in [0, 0.05) is 23.1 Å². The number of benzene rings is 1. The van der Waals surface area contributed by atoms with Crippen LogP contribution in [0, 0.1) is 17.5 Å². The molecule has 1 unspecified atom stereocenters. The van der Waals surface area contributed by atoms with E-state index in [0.717, 1.165) is 0 Å². The average molecular weight is 231 g/mol. The number of hydrogen-bond acceptors (Lipinski definition) is 2. The van der Waals surface area contributed by atoms with E-state index in [1.54, 1.807) is 6.92 Å². The summed E-state index contributed by atoms with van der Waals surface area (Å²) in [6.07, 6.45) is 1.05. The summed E-state index contributed by atoms with van der Waals surface area (Å²) < 4.78 is 39.8. The Morgan fingerprint density at radius 3 is 2.31 bits per heavy atom. The lowest BCUT2D eigenvalue weighted by Gasteiger charge is -2.22. The van der Waals surface area contributed by atoms with E-state index in [-0.39, 0.29) is 5.56 Å². The highest BCUT2D eigenvalue weighted by Crippen LogP contribution is 2.54. The molecular weight excluding hydrogens is 219 g/mol. The first-order valence-corrected chi connectivity index (χ1v) is 5.02. The van der Waals surface area contributed by atoms with Gasteiger partial charge < -0.3 is 10.8 Å². The molecule has 1 aromatic carbocycles. The molecule has 0 saturated heterocycles. The van der Waals surface area contributed by atoms with Gasteiger partial charge in [0.1, 0.15) is 0 Å². The standard InChI is InChI=1S/C11H12F3NO/c1-5(15)11(2-3-11)8-9(14)6(12)4-7(13)10(8)16/h4-5,16H,2-3,15H2,1H3. The van der Waals surface area contributed by atoms with E-state index in [4.69, 9.17) is 5.73 Å². The van der Waals surface area contributed by atoms with Crippen LogP contribution >= 0.6 is 0 Å². The van der Waals surface area contributed by atoms with Crippen LogP contribution in [0.2, 0.25) is 0 Å². The van der Waals surface area contributed by atoms with E-state index in [0.29, 0.717) is 18.9 Å². The van der Waals surface area contributed by atoms with E-state index in [2.05, 4.69) is 0 Å². The maximum absolute atomic E-state index is 13.6. The third-order valence-electron chi connectivity index (χ3n) is 3.30. The Morgan fingerprint density at radius 1 is 1.31 bits per heavy atom. The van der Waals surface area contributed by atoms with Crippen LogP contribution in [0.3, 0.4) is 0 Å². The second kappa shape index (κ2) is 3.38. The van der Waals surface area contributed by atoms with Gasteiger partial charge in [-0.1, -0.05) is 0 Å². The summed E-state index contributed by atoms with van der Waals surface area (Å²) in [5.41, 5.74) is 4.54. The van der Waals surface area contributed by atoms with Gasteiger partial charge >= 0.3 is 0 Å². The summed E-state index contributed by atoms with van der Waals surface area (Å²) in [6.45, 7) is 1.63. The SMILES string of the molecule is CC(N)C1(c2c(O)c(F)cc(F)c2F)CC1. The van der Waals surface area contributed by atoms with Crippen molar-refractivity contribution in [2.45, 2.75) is 31.2 Å². The highest BCUT2D eigenvalue weighted by atomic mass is 19.2. The van der Waals surface area contributed by atoms with Crippen LogP contribution in [-0.4, -0.2) is 11.1 Å². The predicted octanol–water partition coefficient (Wildman–Crippen LogP) is 2.19. The van der Waals surface area contributed by atoms with E-state index >= 15 is 0 Å². The normalized spacial score (nSPS) is 19.6. The Morgan fingerprint density at radius 2 is 1.88 bits per heavy atom. The second-order valence-corrected chi connectivity index (χ2v) is 4.32. The Balaban J connectivity index is 2.65. The summed E-state index contributed by atoms with van der Waals surface area (Å²) in [5.74, 6) is -4.47. The fourth-order valence-corrected chi connectivity index (χ4v) is 2.11. The van der Waals surface area contributed by atoms with Crippen molar-refractivity contribution in [2.24, 2.45) is 5.73 Å². The maximum atomic E-state index is 13.6. The molecule has 0 radical (unpaired) electrons. The Hall–Kier alpha value is -1.23. The summed E-state index contributed by atoms with van der Waals surface area (Å²) >= 11 is 0. The number of hydrogen-bond donors (Lipinski definition) is 2. The molecule has 2 rings (SSSR count). The lowest BCUT2D eigenvalue weighted by molar-refractivity contribution is 0.381. The highest BCUT2D eigenvalue weighted by Gasteiger charge is 2.51. The van der Waals surface area contributed by atoms with Gasteiger partial charge in [-0.3, -0.25) is 0 Å². The van der Waals surface area contributed by atoms with Crippen molar-refractivity contribution in [1.82, 2.24) is 0 Å². The van der Waals surface area contributed by atoms with Gasteiger partial charge in [-0.25, -0.2) is 13.2 Å². The molecule has 0 amide bonds. The lowest BCUT2D eigenvalue weighted by atomic mass is 9.88. The molecule has 1 aliphatic carbocycles. The van der Waals surface area contributed by atoms with Gasteiger partial charge in [-0.15, -0.1) is 0 Å². The Bertz CT molecular complexity index is 415. The number of phenols is 1. The molecule has 3 N–H and O–H groups in total. The molecule has 0 spiro atoms. The minimum absolute atomic E-state index is 0.319. The van der Waals surface area contributed by atoms with E-state index in [1.807, 2.05) is 0 Å². The minimum atomic E-state index is -1.29. The van der Waals surface area contributed by atoms with Gasteiger partial charge in [0.15, 0.2) is 23.2 Å². The maximum Gasteiger partial charge on any atom is 0.168 e. The van der Waals surface area contributed by atoms with Gasteiger partial charge in [0.2, 0.25) is 0 Å². The molecule has 1 aliphatic rings. The number of halogens is 3. The van der Waals surface area contributed by atoms with Gasteiger partial charge in [0.05, 0.1) is 0 Å². The molecule has 88 valence electrons. The molecule has 1 aromatic rings. The van der Waals surface area contributed by atoms with Crippen LogP contribution in [0.5, 0.6) is 5.75 Å². The smallest absolute Gasteiger partial charge is 0.168 e. The number of rotatable bonds is 2. The van der Waals surface area contributed by atoms with Crippen LogP contribution in [0.25, 0.3) is 0 Å². The minimum Gasteiger partial charge on any atom is -0.505 e. The Labute approximate surface area is 90.9 Å². The average Bonchev–Trinajstić information content (AvgIpc) is 2.97. The van der Waals surface area contributed by atoms with Crippen molar-refractivity contribution in [3.05, 3.63) is 29.1 Å². The Kier molecular flexibility index (Phi) is 2.38. The molecule has 1 fully saturated rings. The van der Waals surface area contributed by atoms with Gasteiger partial charge in [-0.2, -0.15) is 0 Å². The molecule has 0 aliphatic heterocycles. The fourth-order valence-electron chi connectivity index (χ4n) is 2.11. The van der Waals surface area contributed by atoms with Crippen LogP contribution in [0.4, 0.5) is 13.2 Å². The van der Waals surface area contributed by atoms with Crippen molar-refractivity contribution >= 4 is 0 Å². The summed E-state index contributed by atoms with van der Waals surface area (Å²) in [6, 6.07) is -0.125. The van der Waals surface area contributed by atoms with Crippen molar-refractivity contribution in [3.8, 4) is 5.75 Å². The molecule has 5 heteroatoms. The zero-order chi connectivity index (χ0) is 12.1. The van der Waals surface area contributed by atoms with Gasteiger partial charge in [-0.05, 0) is 19.8 Å². The predicted molar refractivity (Wildman–Crippen MR) is 52.5 cm³/mol. The van der Waals surface area contributed by atoms with Crippen LogP contribution < -0.4 is 5.73 Å². The first kappa shape index (κ1) is 11.3. The first-order valence-electron chi connectivity index (χ1n) is 5.02. The monoisotopic (exact) mass is 231 g/mol. The second-order valence-electron chi connectivity index (χ2n) is 4.32. The number of aromatic hydroxyl groups is 1. The highest BCUT2D eigenvalue weighted by molar-refractivity contribution is 5.46. The summed E-state index contributed by atoms with van der Waals surface area (Å²) in [7, 11) is 0. The largest absolute Gasteiger partial charge is 0.505 e. The third-order valence-corrected chi connectivity index (χ3v) is 3.30. The van der Waals surface area contributed by atoms with Crippen molar-refractivity contribution in [3.63, 3.8) is 0 Å². The van der Waals surface area contributed by atoms with Crippen LogP contribution in [0.15, 0.2) is 6.07 Å². The molecular formula is C11H12F3NO. The first-order chi connectivity index (χ1) is 7.40. The number of phenolic OH excluding ortho intramolecular Hbond substituents is 1.